The van der Waals surface area contributed by atoms with Gasteiger partial charge >= 0.3 is 12.1 Å². The first-order valence-electron chi connectivity index (χ1n) is 10.7. The van der Waals surface area contributed by atoms with Crippen LogP contribution in [-0.4, -0.2) is 25.3 Å². The summed E-state index contributed by atoms with van der Waals surface area (Å²) in [5, 5.41) is 0. The van der Waals surface area contributed by atoms with E-state index in [0.717, 1.165) is 31.6 Å². The summed E-state index contributed by atoms with van der Waals surface area (Å²) >= 11 is 0. The number of esters is 1. The summed E-state index contributed by atoms with van der Waals surface area (Å²) in [7, 11) is 1.13. The van der Waals surface area contributed by atoms with Gasteiger partial charge in [-0.15, -0.1) is 0 Å². The van der Waals surface area contributed by atoms with E-state index in [2.05, 4.69) is 6.58 Å². The molecule has 0 spiro atoms. The average molecular weight is 463 g/mol. The van der Waals surface area contributed by atoms with E-state index in [9.17, 15) is 18.0 Å². The number of aryl methyl sites for hydroxylation is 1. The van der Waals surface area contributed by atoms with Crippen LogP contribution in [-0.2, 0) is 26.9 Å². The molecule has 178 valence electrons. The molecule has 2 aromatic rings. The predicted octanol–water partition coefficient (Wildman–Crippen LogP) is 6.76. The molecule has 1 atom stereocenters. The van der Waals surface area contributed by atoms with Gasteiger partial charge in [0.15, 0.2) is 6.10 Å². The molecule has 0 amide bonds. The molecule has 1 unspecified atom stereocenters. The Morgan fingerprint density at radius 3 is 2.42 bits per heavy atom. The molecule has 0 saturated carbocycles. The molecule has 33 heavy (non-hydrogen) atoms. The molecule has 7 heteroatoms. The van der Waals surface area contributed by atoms with Gasteiger partial charge in [-0.2, -0.15) is 13.2 Å². The van der Waals surface area contributed by atoms with E-state index in [1.807, 2.05) is 6.07 Å². The maximum absolute atomic E-state index is 14.3. The Bertz CT molecular complexity index is 1060. The summed E-state index contributed by atoms with van der Waals surface area (Å²) in [4.78, 5) is 12.8. The van der Waals surface area contributed by atoms with Gasteiger partial charge in [0.25, 0.3) is 0 Å². The van der Waals surface area contributed by atoms with Crippen LogP contribution in [0.25, 0.3) is 16.7 Å². The third-order valence-electron chi connectivity index (χ3n) is 5.36. The van der Waals surface area contributed by atoms with Crippen molar-refractivity contribution in [3.63, 3.8) is 0 Å². The minimum Gasteiger partial charge on any atom is -0.493 e. The van der Waals surface area contributed by atoms with Gasteiger partial charge in [-0.05, 0) is 81.0 Å². The number of carbonyl (C=O) groups is 1. The quantitative estimate of drug-likeness (QED) is 0.461. The molecule has 0 radical (unpaired) electrons. The Balaban J connectivity index is 2.41. The zero-order valence-corrected chi connectivity index (χ0v) is 19.6. The molecule has 0 fully saturated rings. The van der Waals surface area contributed by atoms with Crippen LogP contribution in [0.4, 0.5) is 13.2 Å². The number of hydrogen-bond acceptors (Lipinski definition) is 4. The summed E-state index contributed by atoms with van der Waals surface area (Å²) in [5.41, 5.74) is 0.616. The number of allylic oxidation sites excluding steroid dienone is 1. The second-order valence-corrected chi connectivity index (χ2v) is 9.14. The predicted molar refractivity (Wildman–Crippen MR) is 121 cm³/mol. The van der Waals surface area contributed by atoms with Crippen molar-refractivity contribution >= 4 is 11.5 Å². The number of alkyl halides is 3. The lowest BCUT2D eigenvalue weighted by molar-refractivity contribution is -0.166. The highest BCUT2D eigenvalue weighted by atomic mass is 19.4. The van der Waals surface area contributed by atoms with E-state index in [1.54, 1.807) is 39.8 Å². The van der Waals surface area contributed by atoms with E-state index >= 15 is 0 Å². The van der Waals surface area contributed by atoms with Crippen LogP contribution in [0, 0.1) is 0 Å². The summed E-state index contributed by atoms with van der Waals surface area (Å²) in [5.74, 6) is -0.192. The Kier molecular flexibility index (Phi) is 6.93. The van der Waals surface area contributed by atoms with Gasteiger partial charge in [0.2, 0.25) is 0 Å². The highest BCUT2D eigenvalue weighted by Crippen LogP contribution is 2.46. The van der Waals surface area contributed by atoms with Crippen molar-refractivity contribution in [3.05, 3.63) is 59.2 Å². The molecular formula is C26H29F3O4. The van der Waals surface area contributed by atoms with E-state index < -0.39 is 29.4 Å². The molecule has 0 aromatic heterocycles. The SMILES string of the molecule is C=C(C)c1ccc(C(F)(F)F)c(C(OC(C)(C)C)C(=O)OC)c1-c1ccc2c(c1)CCCO2. The number of hydrogen-bond donors (Lipinski definition) is 0. The maximum atomic E-state index is 14.3. The van der Waals surface area contributed by atoms with Crippen molar-refractivity contribution in [1.82, 2.24) is 0 Å². The Hall–Kier alpha value is -2.80. The lowest BCUT2D eigenvalue weighted by Crippen LogP contribution is -2.30. The smallest absolute Gasteiger partial charge is 0.416 e. The molecule has 1 aliphatic heterocycles. The molecule has 0 saturated heterocycles. The highest BCUT2D eigenvalue weighted by Gasteiger charge is 2.41. The first kappa shape index (κ1) is 24.8. The Labute approximate surface area is 192 Å². The lowest BCUT2D eigenvalue weighted by Gasteiger charge is -2.31. The third-order valence-corrected chi connectivity index (χ3v) is 5.36. The van der Waals surface area contributed by atoms with E-state index in [0.29, 0.717) is 29.1 Å². The van der Waals surface area contributed by atoms with Gasteiger partial charge in [-0.25, -0.2) is 4.79 Å². The molecule has 1 aliphatic rings. The second kappa shape index (κ2) is 9.21. The normalized spacial score (nSPS) is 14.8. The van der Waals surface area contributed by atoms with Gasteiger partial charge in [-0.3, -0.25) is 0 Å². The summed E-state index contributed by atoms with van der Waals surface area (Å²) in [6, 6.07) is 7.66. The Morgan fingerprint density at radius 1 is 1.15 bits per heavy atom. The van der Waals surface area contributed by atoms with Gasteiger partial charge in [0, 0.05) is 5.56 Å². The van der Waals surface area contributed by atoms with Crippen LogP contribution in [0.15, 0.2) is 36.9 Å². The highest BCUT2D eigenvalue weighted by molar-refractivity contribution is 5.88. The van der Waals surface area contributed by atoms with Crippen LogP contribution in [0.3, 0.4) is 0 Å². The van der Waals surface area contributed by atoms with Crippen LogP contribution in [0.1, 0.15) is 62.5 Å². The minimum atomic E-state index is -4.72. The van der Waals surface area contributed by atoms with Crippen molar-refractivity contribution < 1.29 is 32.2 Å². The number of carbonyl (C=O) groups excluding carboxylic acids is 1. The number of halogens is 3. The monoisotopic (exact) mass is 462 g/mol. The molecule has 4 nitrogen and oxygen atoms in total. The standard InChI is InChI=1S/C26H29F3O4/c1-15(2)18-10-11-19(26(27,28)29)22(23(24(30)31-6)33-25(3,4)5)21(18)17-9-12-20-16(14-17)8-7-13-32-20/h9-12,14,23H,1,7-8,13H2,2-6H3. The molecule has 1 heterocycles. The molecule has 3 rings (SSSR count). The molecule has 0 N–H and O–H groups in total. The van der Waals surface area contributed by atoms with E-state index in [1.165, 1.54) is 6.07 Å². The van der Waals surface area contributed by atoms with Gasteiger partial charge in [0.1, 0.15) is 5.75 Å². The summed E-state index contributed by atoms with van der Waals surface area (Å²) < 4.78 is 59.2. The number of methoxy groups -OCH3 is 1. The zero-order valence-electron chi connectivity index (χ0n) is 19.6. The summed E-state index contributed by atoms with van der Waals surface area (Å²) in [6.45, 7) is 11.3. The van der Waals surface area contributed by atoms with Crippen LogP contribution >= 0.6 is 0 Å². The summed E-state index contributed by atoms with van der Waals surface area (Å²) in [6.07, 6.45) is -4.74. The van der Waals surface area contributed by atoms with Crippen molar-refractivity contribution in [3.8, 4) is 16.9 Å². The fourth-order valence-electron chi connectivity index (χ4n) is 4.01. The topological polar surface area (TPSA) is 44.8 Å². The van der Waals surface area contributed by atoms with Crippen LogP contribution < -0.4 is 4.74 Å². The molecule has 0 aliphatic carbocycles. The average Bonchev–Trinajstić information content (AvgIpc) is 2.74. The van der Waals surface area contributed by atoms with Gasteiger partial charge in [0.05, 0.1) is 24.9 Å². The van der Waals surface area contributed by atoms with Gasteiger partial charge < -0.3 is 14.2 Å². The molecular weight excluding hydrogens is 433 g/mol. The number of ether oxygens (including phenoxy) is 3. The Morgan fingerprint density at radius 2 is 1.85 bits per heavy atom. The third kappa shape index (κ3) is 5.41. The number of benzene rings is 2. The van der Waals surface area contributed by atoms with E-state index in [-0.39, 0.29) is 11.1 Å². The second-order valence-electron chi connectivity index (χ2n) is 9.14. The number of rotatable bonds is 5. The fraction of sp³-hybridized carbons (Fsp3) is 0.423. The first-order chi connectivity index (χ1) is 15.3. The van der Waals surface area contributed by atoms with Crippen molar-refractivity contribution in [2.45, 2.75) is 58.4 Å². The maximum Gasteiger partial charge on any atom is 0.416 e. The minimum absolute atomic E-state index is 0.255. The lowest BCUT2D eigenvalue weighted by atomic mass is 9.84. The zero-order chi connectivity index (χ0) is 24.6. The van der Waals surface area contributed by atoms with Crippen LogP contribution in [0.2, 0.25) is 0 Å². The number of fused-ring (bicyclic) bond motifs is 1. The van der Waals surface area contributed by atoms with Crippen molar-refractivity contribution in [1.29, 1.82) is 0 Å². The van der Waals surface area contributed by atoms with E-state index in [4.69, 9.17) is 14.2 Å². The fourth-order valence-corrected chi connectivity index (χ4v) is 4.01. The first-order valence-corrected chi connectivity index (χ1v) is 10.7. The van der Waals surface area contributed by atoms with Gasteiger partial charge in [-0.1, -0.05) is 24.3 Å². The largest absolute Gasteiger partial charge is 0.493 e. The molecule has 2 aromatic carbocycles. The van der Waals surface area contributed by atoms with Crippen LogP contribution in [0.5, 0.6) is 5.75 Å². The van der Waals surface area contributed by atoms with Crippen molar-refractivity contribution in [2.75, 3.05) is 13.7 Å². The molecule has 0 bridgehead atoms. The van der Waals surface area contributed by atoms with Crippen molar-refractivity contribution in [2.24, 2.45) is 0 Å².